The van der Waals surface area contributed by atoms with Crippen molar-refractivity contribution in [2.24, 2.45) is 5.10 Å². The number of hydrogen-bond donors (Lipinski definition) is 2. The van der Waals surface area contributed by atoms with E-state index in [0.29, 0.717) is 12.0 Å². The van der Waals surface area contributed by atoms with E-state index in [0.717, 1.165) is 23.3 Å². The van der Waals surface area contributed by atoms with E-state index in [-0.39, 0.29) is 0 Å². The fourth-order valence-corrected chi connectivity index (χ4v) is 2.24. The molecule has 0 aliphatic carbocycles. The summed E-state index contributed by atoms with van der Waals surface area (Å²) in [6.45, 7) is 9.03. The molecule has 0 aromatic heterocycles. The summed E-state index contributed by atoms with van der Waals surface area (Å²) < 4.78 is 0. The second kappa shape index (κ2) is 9.41. The Bertz CT molecular complexity index is 637. The average Bonchev–Trinajstić information content (AvgIpc) is 2.51. The molecule has 1 aromatic rings. The molecule has 0 atom stereocenters. The molecule has 0 saturated heterocycles. The third-order valence-corrected chi connectivity index (χ3v) is 3.42. The van der Waals surface area contributed by atoms with E-state index in [9.17, 15) is 9.90 Å². The van der Waals surface area contributed by atoms with Crippen LogP contribution in [0.3, 0.4) is 0 Å². The van der Waals surface area contributed by atoms with Crippen LogP contribution < -0.4 is 5.43 Å². The van der Waals surface area contributed by atoms with Crippen molar-refractivity contribution < 1.29 is 9.90 Å². The van der Waals surface area contributed by atoms with Crippen LogP contribution in [0.5, 0.6) is 0 Å². The van der Waals surface area contributed by atoms with E-state index in [1.54, 1.807) is 19.1 Å². The molecular formula is C19H24N2O2. The summed E-state index contributed by atoms with van der Waals surface area (Å²) in [5, 5.41) is 13.1. The van der Waals surface area contributed by atoms with Gasteiger partial charge in [0.15, 0.2) is 0 Å². The number of carboxylic acid groups (broad SMARTS) is 1. The Kier molecular flexibility index (Phi) is 7.54. The van der Waals surface area contributed by atoms with Gasteiger partial charge in [0.2, 0.25) is 0 Å². The van der Waals surface area contributed by atoms with Gasteiger partial charge in [0.05, 0.1) is 5.57 Å². The van der Waals surface area contributed by atoms with Crippen LogP contribution >= 0.6 is 0 Å². The Balaban J connectivity index is 3.02. The van der Waals surface area contributed by atoms with Crippen molar-refractivity contribution in [2.75, 3.05) is 0 Å². The first-order chi connectivity index (χ1) is 11.0. The quantitative estimate of drug-likeness (QED) is 0.329. The number of nitrogens with one attached hydrogen (secondary N) is 1. The van der Waals surface area contributed by atoms with Crippen LogP contribution in [0, 0.1) is 0 Å². The third-order valence-electron chi connectivity index (χ3n) is 3.42. The average molecular weight is 312 g/mol. The molecule has 1 rings (SSSR count). The summed E-state index contributed by atoms with van der Waals surface area (Å²) in [5.41, 5.74) is 6.79. The SMILES string of the molecule is C=NN/C(C)=C/C=C(/C(=O)O)C(CCc1ccccc1)=C(C)C. The molecule has 23 heavy (non-hydrogen) atoms. The molecule has 0 radical (unpaired) electrons. The summed E-state index contributed by atoms with van der Waals surface area (Å²) in [6.07, 6.45) is 4.80. The van der Waals surface area contributed by atoms with Crippen LogP contribution in [0.1, 0.15) is 32.8 Å². The highest BCUT2D eigenvalue weighted by Crippen LogP contribution is 2.22. The minimum Gasteiger partial charge on any atom is -0.478 e. The lowest BCUT2D eigenvalue weighted by Gasteiger charge is -2.11. The zero-order chi connectivity index (χ0) is 17.2. The maximum absolute atomic E-state index is 11.6. The van der Waals surface area contributed by atoms with Gasteiger partial charge in [0, 0.05) is 12.4 Å². The second-order valence-corrected chi connectivity index (χ2v) is 5.47. The molecule has 0 fully saturated rings. The smallest absolute Gasteiger partial charge is 0.335 e. The number of nitrogens with zero attached hydrogens (tertiary/aromatic N) is 1. The lowest BCUT2D eigenvalue weighted by molar-refractivity contribution is -0.132. The highest BCUT2D eigenvalue weighted by Gasteiger charge is 2.14. The Hall–Kier alpha value is -2.62. The predicted octanol–water partition coefficient (Wildman–Crippen LogP) is 4.08. The number of benzene rings is 1. The molecule has 0 spiro atoms. The van der Waals surface area contributed by atoms with E-state index >= 15 is 0 Å². The lowest BCUT2D eigenvalue weighted by atomic mass is 9.94. The van der Waals surface area contributed by atoms with Gasteiger partial charge in [-0.1, -0.05) is 35.9 Å². The van der Waals surface area contributed by atoms with Crippen LogP contribution in [0.2, 0.25) is 0 Å². The van der Waals surface area contributed by atoms with E-state index in [1.807, 2.05) is 32.0 Å². The first kappa shape index (κ1) is 18.4. The van der Waals surface area contributed by atoms with Crippen molar-refractivity contribution in [3.05, 3.63) is 70.5 Å². The molecule has 0 heterocycles. The standard InChI is InChI=1S/C19H24N2O2/c1-14(2)17(13-11-16-8-6-5-7-9-16)18(19(22)23)12-10-15(3)21-20-4/h5-10,12,21H,4,11,13H2,1-3H3,(H,22,23)/b15-10+,18-12+. The third kappa shape index (κ3) is 6.34. The van der Waals surface area contributed by atoms with E-state index in [4.69, 9.17) is 0 Å². The van der Waals surface area contributed by atoms with E-state index in [2.05, 4.69) is 29.4 Å². The first-order valence-corrected chi connectivity index (χ1v) is 7.50. The molecule has 0 aliphatic heterocycles. The fourth-order valence-electron chi connectivity index (χ4n) is 2.24. The van der Waals surface area contributed by atoms with Crippen molar-refractivity contribution in [3.8, 4) is 0 Å². The summed E-state index contributed by atoms with van der Waals surface area (Å²) >= 11 is 0. The number of aliphatic carboxylic acids is 1. The molecule has 0 amide bonds. The van der Waals surface area contributed by atoms with Gasteiger partial charge < -0.3 is 5.11 Å². The van der Waals surface area contributed by atoms with Crippen molar-refractivity contribution >= 4 is 12.7 Å². The lowest BCUT2D eigenvalue weighted by Crippen LogP contribution is -2.07. The van der Waals surface area contributed by atoms with Crippen molar-refractivity contribution in [2.45, 2.75) is 33.6 Å². The van der Waals surface area contributed by atoms with E-state index < -0.39 is 5.97 Å². The Morgan fingerprint density at radius 3 is 2.39 bits per heavy atom. The van der Waals surface area contributed by atoms with Crippen LogP contribution in [0.4, 0.5) is 0 Å². The van der Waals surface area contributed by atoms with Crippen LogP contribution in [0.25, 0.3) is 0 Å². The summed E-state index contributed by atoms with van der Waals surface area (Å²) in [5.74, 6) is -0.926. The number of rotatable bonds is 8. The number of hydrazone groups is 1. The van der Waals surface area contributed by atoms with Gasteiger partial charge in [-0.15, -0.1) is 0 Å². The second-order valence-electron chi connectivity index (χ2n) is 5.47. The van der Waals surface area contributed by atoms with Gasteiger partial charge in [-0.05, 0) is 56.9 Å². The van der Waals surface area contributed by atoms with Gasteiger partial charge in [-0.3, -0.25) is 5.43 Å². The van der Waals surface area contributed by atoms with Crippen LogP contribution in [-0.2, 0) is 11.2 Å². The number of hydrogen-bond acceptors (Lipinski definition) is 3. The molecule has 0 saturated carbocycles. The van der Waals surface area contributed by atoms with E-state index in [1.165, 1.54) is 5.56 Å². The monoisotopic (exact) mass is 312 g/mol. The predicted molar refractivity (Wildman–Crippen MR) is 95.3 cm³/mol. The Labute approximate surface area is 137 Å². The maximum atomic E-state index is 11.6. The van der Waals surface area contributed by atoms with Gasteiger partial charge in [-0.25, -0.2) is 4.79 Å². The van der Waals surface area contributed by atoms with Gasteiger partial charge >= 0.3 is 5.97 Å². The molecule has 122 valence electrons. The van der Waals surface area contributed by atoms with Gasteiger partial charge in [0.25, 0.3) is 0 Å². The highest BCUT2D eigenvalue weighted by molar-refractivity contribution is 5.92. The highest BCUT2D eigenvalue weighted by atomic mass is 16.4. The topological polar surface area (TPSA) is 61.7 Å². The summed E-state index contributed by atoms with van der Waals surface area (Å²) in [7, 11) is 0. The Morgan fingerprint density at radius 2 is 1.87 bits per heavy atom. The molecule has 0 unspecified atom stereocenters. The molecule has 2 N–H and O–H groups in total. The number of carbonyl (C=O) groups is 1. The van der Waals surface area contributed by atoms with Crippen molar-refractivity contribution in [1.82, 2.24) is 5.43 Å². The minimum atomic E-state index is -0.926. The van der Waals surface area contributed by atoms with Crippen molar-refractivity contribution in [3.63, 3.8) is 0 Å². The number of allylic oxidation sites excluding steroid dienone is 4. The zero-order valence-corrected chi connectivity index (χ0v) is 14.0. The number of aryl methyl sites for hydroxylation is 1. The normalized spacial score (nSPS) is 11.8. The molecule has 4 nitrogen and oxygen atoms in total. The zero-order valence-electron chi connectivity index (χ0n) is 14.0. The summed E-state index contributed by atoms with van der Waals surface area (Å²) in [4.78, 5) is 11.6. The van der Waals surface area contributed by atoms with Gasteiger partial charge in [-0.2, -0.15) is 5.10 Å². The Morgan fingerprint density at radius 1 is 1.22 bits per heavy atom. The van der Waals surface area contributed by atoms with Crippen LogP contribution in [-0.4, -0.2) is 17.8 Å². The van der Waals surface area contributed by atoms with Crippen LogP contribution in [0.15, 0.2) is 70.0 Å². The number of carboxylic acids is 1. The molecule has 4 heteroatoms. The molecule has 0 aliphatic rings. The fraction of sp³-hybridized carbons (Fsp3) is 0.263. The van der Waals surface area contributed by atoms with Crippen molar-refractivity contribution in [1.29, 1.82) is 0 Å². The largest absolute Gasteiger partial charge is 0.478 e. The molecular weight excluding hydrogens is 288 g/mol. The summed E-state index contributed by atoms with van der Waals surface area (Å²) in [6, 6.07) is 10.1. The minimum absolute atomic E-state index is 0.311. The maximum Gasteiger partial charge on any atom is 0.335 e. The van der Waals surface area contributed by atoms with Gasteiger partial charge in [0.1, 0.15) is 0 Å². The molecule has 1 aromatic carbocycles. The first-order valence-electron chi connectivity index (χ1n) is 7.50. The molecule has 0 bridgehead atoms.